The highest BCUT2D eigenvalue weighted by Crippen LogP contribution is 2.41. The number of carbonyl (C=O) groups excluding carboxylic acids is 1. The number of rotatable bonds is 4. The van der Waals surface area contributed by atoms with Gasteiger partial charge in [-0.25, -0.2) is 0 Å². The van der Waals surface area contributed by atoms with Crippen molar-refractivity contribution in [1.82, 2.24) is 0 Å². The molecular weight excluding hydrogens is 306 g/mol. The summed E-state index contributed by atoms with van der Waals surface area (Å²) in [5, 5.41) is 11.8. The van der Waals surface area contributed by atoms with E-state index in [2.05, 4.69) is 0 Å². The van der Waals surface area contributed by atoms with Gasteiger partial charge in [0.1, 0.15) is 11.5 Å². The SMILES string of the molecule is COc1ccc([C@@H]2CC(=O)C[C@@H](c3ccccc3)[C@H]2[N+](=O)[O-])cc1. The van der Waals surface area contributed by atoms with Gasteiger partial charge in [0.2, 0.25) is 6.04 Å². The molecule has 0 aliphatic heterocycles. The molecule has 0 saturated heterocycles. The van der Waals surface area contributed by atoms with Crippen LogP contribution in [-0.2, 0) is 4.79 Å². The largest absolute Gasteiger partial charge is 0.497 e. The van der Waals surface area contributed by atoms with Crippen LogP contribution >= 0.6 is 0 Å². The van der Waals surface area contributed by atoms with Gasteiger partial charge in [0.05, 0.1) is 18.9 Å². The molecule has 0 N–H and O–H groups in total. The number of hydrogen-bond donors (Lipinski definition) is 0. The molecule has 0 amide bonds. The summed E-state index contributed by atoms with van der Waals surface area (Å²) in [4.78, 5) is 23.9. The molecule has 1 aliphatic rings. The van der Waals surface area contributed by atoms with Crippen LogP contribution in [0, 0.1) is 10.1 Å². The number of Topliss-reactive ketones (excluding diaryl/α,β-unsaturated/α-hetero) is 1. The number of ketones is 1. The molecule has 0 radical (unpaired) electrons. The van der Waals surface area contributed by atoms with Crippen LogP contribution in [0.3, 0.4) is 0 Å². The monoisotopic (exact) mass is 325 g/mol. The predicted molar refractivity (Wildman–Crippen MR) is 89.9 cm³/mol. The summed E-state index contributed by atoms with van der Waals surface area (Å²) in [5.41, 5.74) is 1.66. The second kappa shape index (κ2) is 6.83. The first-order valence-corrected chi connectivity index (χ1v) is 7.94. The van der Waals surface area contributed by atoms with E-state index < -0.39 is 17.9 Å². The Kier molecular flexibility index (Phi) is 4.60. The van der Waals surface area contributed by atoms with Gasteiger partial charge >= 0.3 is 0 Å². The summed E-state index contributed by atoms with van der Waals surface area (Å²) in [5.74, 6) is -0.0483. The van der Waals surface area contributed by atoms with Crippen LogP contribution < -0.4 is 4.74 Å². The Labute approximate surface area is 140 Å². The Morgan fingerprint density at radius 1 is 0.958 bits per heavy atom. The molecule has 0 aromatic heterocycles. The third-order valence-electron chi connectivity index (χ3n) is 4.73. The Morgan fingerprint density at radius 2 is 1.50 bits per heavy atom. The fourth-order valence-electron chi connectivity index (χ4n) is 3.57. The van der Waals surface area contributed by atoms with Crippen LogP contribution in [-0.4, -0.2) is 23.9 Å². The van der Waals surface area contributed by atoms with Crippen LogP contribution in [0.4, 0.5) is 0 Å². The number of hydrogen-bond acceptors (Lipinski definition) is 4. The van der Waals surface area contributed by atoms with Crippen molar-refractivity contribution < 1.29 is 14.5 Å². The highest BCUT2D eigenvalue weighted by Gasteiger charge is 2.46. The lowest BCUT2D eigenvalue weighted by Crippen LogP contribution is -2.40. The average molecular weight is 325 g/mol. The van der Waals surface area contributed by atoms with Crippen molar-refractivity contribution in [2.45, 2.75) is 30.7 Å². The number of benzene rings is 2. The minimum atomic E-state index is -0.807. The van der Waals surface area contributed by atoms with Crippen LogP contribution in [0.2, 0.25) is 0 Å². The van der Waals surface area contributed by atoms with Crippen LogP contribution in [0.25, 0.3) is 0 Å². The lowest BCUT2D eigenvalue weighted by molar-refractivity contribution is -0.532. The molecule has 1 fully saturated rings. The highest BCUT2D eigenvalue weighted by molar-refractivity contribution is 5.81. The van der Waals surface area contributed by atoms with Crippen molar-refractivity contribution >= 4 is 5.78 Å². The molecule has 0 unspecified atom stereocenters. The molecule has 1 saturated carbocycles. The van der Waals surface area contributed by atoms with Gasteiger partial charge in [-0.1, -0.05) is 42.5 Å². The molecule has 2 aromatic rings. The van der Waals surface area contributed by atoms with E-state index in [1.54, 1.807) is 19.2 Å². The third kappa shape index (κ3) is 3.15. The van der Waals surface area contributed by atoms with E-state index in [-0.39, 0.29) is 23.5 Å². The van der Waals surface area contributed by atoms with Crippen LogP contribution in [0.15, 0.2) is 54.6 Å². The number of ether oxygens (including phenoxy) is 1. The first-order chi connectivity index (χ1) is 11.6. The fraction of sp³-hybridized carbons (Fsp3) is 0.316. The van der Waals surface area contributed by atoms with E-state index in [9.17, 15) is 14.9 Å². The van der Waals surface area contributed by atoms with E-state index in [1.807, 2.05) is 42.5 Å². The molecule has 0 heterocycles. The zero-order valence-electron chi connectivity index (χ0n) is 13.4. The minimum Gasteiger partial charge on any atom is -0.497 e. The number of carbonyl (C=O) groups is 1. The number of methoxy groups -OCH3 is 1. The van der Waals surface area contributed by atoms with Gasteiger partial charge in [-0.05, 0) is 23.3 Å². The summed E-state index contributed by atoms with van der Waals surface area (Å²) >= 11 is 0. The second-order valence-electron chi connectivity index (χ2n) is 6.12. The van der Waals surface area contributed by atoms with Gasteiger partial charge in [0.15, 0.2) is 0 Å². The summed E-state index contributed by atoms with van der Waals surface area (Å²) in [6.45, 7) is 0. The maximum absolute atomic E-state index is 12.3. The molecule has 1 aliphatic carbocycles. The maximum atomic E-state index is 12.3. The molecule has 124 valence electrons. The third-order valence-corrected chi connectivity index (χ3v) is 4.73. The first kappa shape index (κ1) is 16.2. The molecule has 3 rings (SSSR count). The van der Waals surface area contributed by atoms with Gasteiger partial charge in [-0.3, -0.25) is 14.9 Å². The topological polar surface area (TPSA) is 69.4 Å². The molecular formula is C19H19NO4. The van der Waals surface area contributed by atoms with E-state index in [4.69, 9.17) is 4.74 Å². The molecule has 2 aromatic carbocycles. The predicted octanol–water partition coefficient (Wildman–Crippen LogP) is 3.57. The van der Waals surface area contributed by atoms with Crippen LogP contribution in [0.5, 0.6) is 5.75 Å². The van der Waals surface area contributed by atoms with Crippen LogP contribution in [0.1, 0.15) is 35.8 Å². The second-order valence-corrected chi connectivity index (χ2v) is 6.12. The van der Waals surface area contributed by atoms with Gasteiger partial charge in [0.25, 0.3) is 0 Å². The van der Waals surface area contributed by atoms with Crippen molar-refractivity contribution in [2.24, 2.45) is 0 Å². The van der Waals surface area contributed by atoms with E-state index in [0.717, 1.165) is 11.1 Å². The summed E-state index contributed by atoms with van der Waals surface area (Å²) in [6, 6.07) is 15.7. The van der Waals surface area contributed by atoms with Crippen molar-refractivity contribution in [3.8, 4) is 5.75 Å². The Balaban J connectivity index is 1.99. The quantitative estimate of drug-likeness (QED) is 0.636. The Bertz CT molecular complexity index is 727. The fourth-order valence-corrected chi connectivity index (χ4v) is 3.57. The molecule has 0 spiro atoms. The van der Waals surface area contributed by atoms with Crippen molar-refractivity contribution in [3.63, 3.8) is 0 Å². The summed E-state index contributed by atoms with van der Waals surface area (Å²) in [7, 11) is 1.57. The highest BCUT2D eigenvalue weighted by atomic mass is 16.6. The zero-order valence-corrected chi connectivity index (χ0v) is 13.4. The lowest BCUT2D eigenvalue weighted by Gasteiger charge is -2.32. The van der Waals surface area contributed by atoms with E-state index in [1.165, 1.54) is 0 Å². The number of nitro groups is 1. The number of nitrogens with zero attached hydrogens (tertiary/aromatic N) is 1. The van der Waals surface area contributed by atoms with Gasteiger partial charge in [-0.2, -0.15) is 0 Å². The smallest absolute Gasteiger partial charge is 0.227 e. The summed E-state index contributed by atoms with van der Waals surface area (Å²) in [6.07, 6.45) is 0.434. The molecule has 3 atom stereocenters. The Hall–Kier alpha value is -2.69. The van der Waals surface area contributed by atoms with Crippen molar-refractivity contribution in [2.75, 3.05) is 7.11 Å². The summed E-state index contributed by atoms with van der Waals surface area (Å²) < 4.78 is 5.14. The van der Waals surface area contributed by atoms with Gasteiger partial charge in [0, 0.05) is 17.8 Å². The molecule has 0 bridgehead atoms. The van der Waals surface area contributed by atoms with E-state index >= 15 is 0 Å². The maximum Gasteiger partial charge on any atom is 0.227 e. The van der Waals surface area contributed by atoms with Crippen molar-refractivity contribution in [3.05, 3.63) is 75.8 Å². The van der Waals surface area contributed by atoms with Gasteiger partial charge < -0.3 is 4.74 Å². The minimum absolute atomic E-state index is 0.0720. The lowest BCUT2D eigenvalue weighted by atomic mass is 9.71. The molecule has 5 heteroatoms. The molecule has 24 heavy (non-hydrogen) atoms. The van der Waals surface area contributed by atoms with Crippen molar-refractivity contribution in [1.29, 1.82) is 0 Å². The zero-order chi connectivity index (χ0) is 17.1. The van der Waals surface area contributed by atoms with Gasteiger partial charge in [-0.15, -0.1) is 0 Å². The van der Waals surface area contributed by atoms with E-state index in [0.29, 0.717) is 5.75 Å². The Morgan fingerprint density at radius 3 is 2.00 bits per heavy atom. The molecule has 5 nitrogen and oxygen atoms in total. The first-order valence-electron chi connectivity index (χ1n) is 7.94. The average Bonchev–Trinajstić information content (AvgIpc) is 2.61. The normalized spacial score (nSPS) is 23.7. The standard InChI is InChI=1S/C19H19NO4/c1-24-16-9-7-14(8-10-16)18-12-15(21)11-17(19(18)20(22)23)13-5-3-2-4-6-13/h2-10,17-19H,11-12H2,1H3/t17-,18-,19+/m0/s1.